The zero-order chi connectivity index (χ0) is 24.4. The highest BCUT2D eigenvalue weighted by Crippen LogP contribution is 2.24. The Labute approximate surface area is 201 Å². The predicted octanol–water partition coefficient (Wildman–Crippen LogP) is 3.88. The van der Waals surface area contributed by atoms with Crippen molar-refractivity contribution in [1.29, 1.82) is 0 Å². The van der Waals surface area contributed by atoms with Crippen LogP contribution in [0, 0.1) is 6.92 Å². The summed E-state index contributed by atoms with van der Waals surface area (Å²) in [7, 11) is 0. The molecule has 0 fully saturated rings. The van der Waals surface area contributed by atoms with E-state index in [1.165, 1.54) is 11.8 Å². The number of carbonyl (C=O) groups excluding carboxylic acids is 2. The molecule has 4 rings (SSSR count). The van der Waals surface area contributed by atoms with Crippen molar-refractivity contribution < 1.29 is 9.59 Å². The molecule has 2 aromatic carbocycles. The third kappa shape index (κ3) is 4.61. The van der Waals surface area contributed by atoms with Gasteiger partial charge in [0.05, 0.1) is 16.7 Å². The summed E-state index contributed by atoms with van der Waals surface area (Å²) in [6.45, 7) is 8.22. The lowest BCUT2D eigenvalue weighted by atomic mass is 10.1. The van der Waals surface area contributed by atoms with Crippen LogP contribution in [-0.2, 0) is 6.54 Å². The lowest BCUT2D eigenvalue weighted by Gasteiger charge is -2.12. The van der Waals surface area contributed by atoms with Gasteiger partial charge in [0.15, 0.2) is 10.9 Å². The SMILES string of the molecule is CCCn1c(=O)c2ccc(C(=O)NC(C)C)cc2n2c(SCC(=O)c3ccc(C)cc3)nnc12. The molecule has 2 aromatic heterocycles. The molecule has 4 aromatic rings. The molecule has 0 saturated heterocycles. The van der Waals surface area contributed by atoms with Crippen LogP contribution >= 0.6 is 11.8 Å². The summed E-state index contributed by atoms with van der Waals surface area (Å²) in [4.78, 5) is 38.6. The summed E-state index contributed by atoms with van der Waals surface area (Å²) in [5.74, 6) is 0.321. The fraction of sp³-hybridized carbons (Fsp3) is 0.320. The number of aryl methyl sites for hydroxylation is 2. The van der Waals surface area contributed by atoms with Gasteiger partial charge >= 0.3 is 0 Å². The first-order chi connectivity index (χ1) is 16.3. The topological polar surface area (TPSA) is 98.4 Å². The number of rotatable bonds is 8. The number of benzene rings is 2. The highest BCUT2D eigenvalue weighted by molar-refractivity contribution is 7.99. The maximum atomic E-state index is 13.2. The molecule has 0 atom stereocenters. The first kappa shape index (κ1) is 23.7. The third-order valence-corrected chi connectivity index (χ3v) is 6.34. The quantitative estimate of drug-likeness (QED) is 0.306. The van der Waals surface area contributed by atoms with E-state index in [1.807, 2.05) is 52.0 Å². The van der Waals surface area contributed by atoms with Crippen molar-refractivity contribution in [2.45, 2.75) is 51.9 Å². The Morgan fingerprint density at radius 1 is 1.06 bits per heavy atom. The lowest BCUT2D eigenvalue weighted by Crippen LogP contribution is -2.30. The van der Waals surface area contributed by atoms with Gasteiger partial charge in [-0.1, -0.05) is 48.5 Å². The zero-order valence-electron chi connectivity index (χ0n) is 19.7. The molecule has 0 spiro atoms. The van der Waals surface area contributed by atoms with E-state index >= 15 is 0 Å². The molecular weight excluding hydrogens is 450 g/mol. The first-order valence-corrected chi connectivity index (χ1v) is 12.2. The molecule has 1 amide bonds. The number of hydrogen-bond acceptors (Lipinski definition) is 6. The fourth-order valence-electron chi connectivity index (χ4n) is 3.74. The normalized spacial score (nSPS) is 11.4. The van der Waals surface area contributed by atoms with Gasteiger partial charge in [-0.15, -0.1) is 10.2 Å². The number of Topliss-reactive ketones (excluding diaryl/α,β-unsaturated/α-hetero) is 1. The van der Waals surface area contributed by atoms with Crippen molar-refractivity contribution in [3.05, 3.63) is 69.5 Å². The first-order valence-electron chi connectivity index (χ1n) is 11.3. The van der Waals surface area contributed by atoms with E-state index in [-0.39, 0.29) is 29.0 Å². The van der Waals surface area contributed by atoms with Crippen molar-refractivity contribution >= 4 is 40.1 Å². The molecule has 8 nitrogen and oxygen atoms in total. The van der Waals surface area contributed by atoms with Crippen LogP contribution in [0.5, 0.6) is 0 Å². The largest absolute Gasteiger partial charge is 0.350 e. The van der Waals surface area contributed by atoms with Gasteiger partial charge in [0, 0.05) is 23.7 Å². The Kier molecular flexibility index (Phi) is 6.83. The lowest BCUT2D eigenvalue weighted by molar-refractivity contribution is 0.0942. The van der Waals surface area contributed by atoms with Crippen LogP contribution < -0.4 is 10.9 Å². The molecule has 2 heterocycles. The fourth-order valence-corrected chi connectivity index (χ4v) is 4.57. The molecule has 0 bridgehead atoms. The Morgan fingerprint density at radius 3 is 2.44 bits per heavy atom. The Bertz CT molecular complexity index is 1440. The summed E-state index contributed by atoms with van der Waals surface area (Å²) in [6.07, 6.45) is 0.747. The van der Waals surface area contributed by atoms with Gasteiger partial charge < -0.3 is 5.32 Å². The molecule has 0 saturated carbocycles. The second-order valence-corrected chi connectivity index (χ2v) is 9.46. The summed E-state index contributed by atoms with van der Waals surface area (Å²) >= 11 is 1.26. The smallest absolute Gasteiger partial charge is 0.262 e. The maximum absolute atomic E-state index is 13.2. The Hall–Kier alpha value is -3.46. The van der Waals surface area contributed by atoms with E-state index in [9.17, 15) is 14.4 Å². The average molecular weight is 478 g/mol. The number of amides is 1. The number of aromatic nitrogens is 4. The van der Waals surface area contributed by atoms with Crippen LogP contribution in [0.3, 0.4) is 0 Å². The molecule has 0 aliphatic heterocycles. The molecule has 0 radical (unpaired) electrons. The number of fused-ring (bicyclic) bond motifs is 3. The number of thioether (sulfide) groups is 1. The van der Waals surface area contributed by atoms with Crippen molar-refractivity contribution in [1.82, 2.24) is 24.5 Å². The number of hydrogen-bond donors (Lipinski definition) is 1. The average Bonchev–Trinajstić information content (AvgIpc) is 3.24. The van der Waals surface area contributed by atoms with Crippen LogP contribution in [-0.4, -0.2) is 42.7 Å². The van der Waals surface area contributed by atoms with Crippen LogP contribution in [0.15, 0.2) is 52.4 Å². The minimum atomic E-state index is -0.223. The molecule has 0 aliphatic rings. The second kappa shape index (κ2) is 9.80. The van der Waals surface area contributed by atoms with E-state index in [2.05, 4.69) is 15.5 Å². The van der Waals surface area contributed by atoms with Crippen LogP contribution in [0.4, 0.5) is 0 Å². The maximum Gasteiger partial charge on any atom is 0.262 e. The van der Waals surface area contributed by atoms with Gasteiger partial charge in [-0.3, -0.25) is 23.4 Å². The van der Waals surface area contributed by atoms with Crippen molar-refractivity contribution in [3.63, 3.8) is 0 Å². The van der Waals surface area contributed by atoms with Crippen LogP contribution in [0.2, 0.25) is 0 Å². The summed E-state index contributed by atoms with van der Waals surface area (Å²) < 4.78 is 3.36. The monoisotopic (exact) mass is 477 g/mol. The van der Waals surface area contributed by atoms with Crippen molar-refractivity contribution in [3.8, 4) is 0 Å². The standard InChI is InChI=1S/C25H27N5O3S/c1-5-12-29-23(33)19-11-10-18(22(32)26-15(2)3)13-20(19)30-24(29)27-28-25(30)34-14-21(31)17-8-6-16(4)7-9-17/h6-11,13,15H,5,12,14H2,1-4H3,(H,26,32). The van der Waals surface area contributed by atoms with Crippen molar-refractivity contribution in [2.24, 2.45) is 0 Å². The summed E-state index contributed by atoms with van der Waals surface area (Å²) in [5, 5.41) is 12.4. The van der Waals surface area contributed by atoms with E-state index in [4.69, 9.17) is 0 Å². The minimum Gasteiger partial charge on any atom is -0.350 e. The Morgan fingerprint density at radius 2 is 1.76 bits per heavy atom. The molecule has 0 unspecified atom stereocenters. The minimum absolute atomic E-state index is 0.0189. The summed E-state index contributed by atoms with van der Waals surface area (Å²) in [5.41, 5.74) is 2.52. The molecule has 34 heavy (non-hydrogen) atoms. The number of nitrogens with zero attached hydrogens (tertiary/aromatic N) is 4. The molecule has 0 aliphatic carbocycles. The zero-order valence-corrected chi connectivity index (χ0v) is 20.5. The number of ketones is 1. The van der Waals surface area contributed by atoms with Crippen molar-refractivity contribution in [2.75, 3.05) is 5.75 Å². The molecular formula is C25H27N5O3S. The van der Waals surface area contributed by atoms with Gasteiger partial charge in [0.25, 0.3) is 11.5 Å². The molecule has 176 valence electrons. The van der Waals surface area contributed by atoms with E-state index in [0.717, 1.165) is 12.0 Å². The van der Waals surface area contributed by atoms with Crippen LogP contribution in [0.25, 0.3) is 16.7 Å². The molecule has 1 N–H and O–H groups in total. The Balaban J connectivity index is 1.80. The highest BCUT2D eigenvalue weighted by atomic mass is 32.2. The van der Waals surface area contributed by atoms with Gasteiger partial charge in [-0.05, 0) is 45.4 Å². The highest BCUT2D eigenvalue weighted by Gasteiger charge is 2.19. The van der Waals surface area contributed by atoms with Gasteiger partial charge in [-0.25, -0.2) is 0 Å². The van der Waals surface area contributed by atoms with Gasteiger partial charge in [-0.2, -0.15) is 0 Å². The second-order valence-electron chi connectivity index (χ2n) is 8.51. The van der Waals surface area contributed by atoms with E-state index in [1.54, 1.807) is 27.2 Å². The van der Waals surface area contributed by atoms with Crippen LogP contribution in [0.1, 0.15) is 53.5 Å². The number of carbonyl (C=O) groups is 2. The van der Waals surface area contributed by atoms with E-state index < -0.39 is 0 Å². The van der Waals surface area contributed by atoms with E-state index in [0.29, 0.717) is 39.5 Å². The molecule has 9 heteroatoms. The summed E-state index contributed by atoms with van der Waals surface area (Å²) in [6, 6.07) is 12.4. The predicted molar refractivity (Wildman–Crippen MR) is 134 cm³/mol. The third-order valence-electron chi connectivity index (χ3n) is 5.41. The number of nitrogens with one attached hydrogen (secondary N) is 1. The van der Waals surface area contributed by atoms with Gasteiger partial charge in [0.1, 0.15) is 0 Å². The van der Waals surface area contributed by atoms with Gasteiger partial charge in [0.2, 0.25) is 5.78 Å².